The van der Waals surface area contributed by atoms with Crippen molar-refractivity contribution in [2.45, 2.75) is 20.8 Å². The number of pyridine rings is 1. The summed E-state index contributed by atoms with van der Waals surface area (Å²) in [6.07, 6.45) is 3.71. The largest absolute Gasteiger partial charge is 0.325 e. The molecule has 0 saturated carbocycles. The minimum Gasteiger partial charge on any atom is -0.325 e. The van der Waals surface area contributed by atoms with Gasteiger partial charge in [-0.15, -0.1) is 0 Å². The number of benzene rings is 2. The smallest absolute Gasteiger partial charge is 0.229 e. The van der Waals surface area contributed by atoms with Crippen molar-refractivity contribution >= 4 is 22.4 Å². The molecule has 0 saturated heterocycles. The van der Waals surface area contributed by atoms with Crippen LogP contribution in [-0.2, 0) is 4.79 Å². The highest BCUT2D eigenvalue weighted by molar-refractivity contribution is 6.03. The molecule has 0 unspecified atom stereocenters. The van der Waals surface area contributed by atoms with E-state index in [4.69, 9.17) is 0 Å². The molecule has 1 amide bonds. The van der Waals surface area contributed by atoms with Crippen LogP contribution in [-0.4, -0.2) is 10.9 Å². The second kappa shape index (κ2) is 5.84. The van der Waals surface area contributed by atoms with Gasteiger partial charge in [-0.1, -0.05) is 63.2 Å². The average molecular weight is 304 g/mol. The van der Waals surface area contributed by atoms with Gasteiger partial charge in [0.2, 0.25) is 5.91 Å². The van der Waals surface area contributed by atoms with Crippen molar-refractivity contribution in [3.05, 3.63) is 60.9 Å². The Bertz CT molecular complexity index is 857. The molecule has 2 aromatic carbocycles. The number of rotatable bonds is 2. The summed E-state index contributed by atoms with van der Waals surface area (Å²) in [6.45, 7) is 5.72. The summed E-state index contributed by atoms with van der Waals surface area (Å²) >= 11 is 0. The number of hydrogen-bond acceptors (Lipinski definition) is 2. The molecule has 0 bridgehead atoms. The zero-order chi connectivity index (χ0) is 16.4. The number of anilines is 1. The molecule has 23 heavy (non-hydrogen) atoms. The van der Waals surface area contributed by atoms with E-state index in [1.165, 1.54) is 0 Å². The summed E-state index contributed by atoms with van der Waals surface area (Å²) in [6, 6.07) is 16.0. The van der Waals surface area contributed by atoms with Crippen LogP contribution >= 0.6 is 0 Å². The van der Waals surface area contributed by atoms with Crippen LogP contribution in [0.15, 0.2) is 60.9 Å². The van der Waals surface area contributed by atoms with Crippen LogP contribution in [0, 0.1) is 5.41 Å². The predicted octanol–water partition coefficient (Wildman–Crippen LogP) is 4.89. The number of fused-ring (bicyclic) bond motifs is 1. The third-order valence-corrected chi connectivity index (χ3v) is 3.81. The van der Waals surface area contributed by atoms with E-state index in [0.29, 0.717) is 0 Å². The van der Waals surface area contributed by atoms with Gasteiger partial charge in [0.25, 0.3) is 0 Å². The molecule has 3 aromatic rings. The van der Waals surface area contributed by atoms with E-state index in [-0.39, 0.29) is 5.91 Å². The quantitative estimate of drug-likeness (QED) is 0.732. The van der Waals surface area contributed by atoms with Crippen LogP contribution in [0.4, 0.5) is 5.69 Å². The van der Waals surface area contributed by atoms with Crippen LogP contribution in [0.5, 0.6) is 0 Å². The first-order valence-electron chi connectivity index (χ1n) is 7.70. The maximum absolute atomic E-state index is 12.4. The van der Waals surface area contributed by atoms with Gasteiger partial charge in [-0.3, -0.25) is 9.78 Å². The summed E-state index contributed by atoms with van der Waals surface area (Å²) in [7, 11) is 0. The topological polar surface area (TPSA) is 42.0 Å². The van der Waals surface area contributed by atoms with E-state index in [1.807, 2.05) is 75.6 Å². The van der Waals surface area contributed by atoms with Crippen molar-refractivity contribution < 1.29 is 4.79 Å². The maximum Gasteiger partial charge on any atom is 0.229 e. The number of hydrogen-bond donors (Lipinski definition) is 1. The van der Waals surface area contributed by atoms with Gasteiger partial charge in [0.05, 0.1) is 0 Å². The molecule has 0 radical (unpaired) electrons. The molecule has 1 heterocycles. The Balaban J connectivity index is 2.12. The monoisotopic (exact) mass is 304 g/mol. The van der Waals surface area contributed by atoms with Crippen molar-refractivity contribution in [1.29, 1.82) is 0 Å². The van der Waals surface area contributed by atoms with E-state index in [9.17, 15) is 4.79 Å². The molecule has 0 spiro atoms. The number of nitrogens with one attached hydrogen (secondary N) is 1. The highest BCUT2D eigenvalue weighted by Gasteiger charge is 2.22. The summed E-state index contributed by atoms with van der Waals surface area (Å²) in [4.78, 5) is 16.7. The summed E-state index contributed by atoms with van der Waals surface area (Å²) in [5.74, 6) is -0.00172. The lowest BCUT2D eigenvalue weighted by atomic mass is 9.94. The van der Waals surface area contributed by atoms with Gasteiger partial charge in [0, 0.05) is 40.0 Å². The molecule has 0 aliphatic rings. The van der Waals surface area contributed by atoms with Crippen molar-refractivity contribution in [3.8, 4) is 11.1 Å². The van der Waals surface area contributed by atoms with Crippen molar-refractivity contribution in [2.75, 3.05) is 5.32 Å². The predicted molar refractivity (Wildman–Crippen MR) is 95.3 cm³/mol. The van der Waals surface area contributed by atoms with Gasteiger partial charge in [-0.05, 0) is 11.5 Å². The second-order valence-corrected chi connectivity index (χ2v) is 6.66. The number of nitrogens with zero attached hydrogens (tertiary/aromatic N) is 1. The zero-order valence-electron chi connectivity index (χ0n) is 13.6. The van der Waals surface area contributed by atoms with Gasteiger partial charge in [-0.2, -0.15) is 0 Å². The van der Waals surface area contributed by atoms with E-state index in [0.717, 1.165) is 27.6 Å². The first kappa shape index (κ1) is 15.2. The molecule has 0 fully saturated rings. The first-order chi connectivity index (χ1) is 11.0. The van der Waals surface area contributed by atoms with E-state index in [2.05, 4.69) is 16.4 Å². The number of para-hydroxylation sites is 1. The lowest BCUT2D eigenvalue weighted by Gasteiger charge is -2.19. The van der Waals surface area contributed by atoms with Gasteiger partial charge < -0.3 is 5.32 Å². The average Bonchev–Trinajstić information content (AvgIpc) is 2.54. The SMILES string of the molecule is CC(C)(C)C(=O)Nc1ccccc1-c1cncc2ccccc12. The third-order valence-electron chi connectivity index (χ3n) is 3.81. The molecule has 0 aliphatic carbocycles. The first-order valence-corrected chi connectivity index (χ1v) is 7.70. The molecule has 1 N–H and O–H groups in total. The Labute approximate surface area is 136 Å². The normalized spacial score (nSPS) is 11.4. The highest BCUT2D eigenvalue weighted by Crippen LogP contribution is 2.33. The fourth-order valence-electron chi connectivity index (χ4n) is 2.47. The lowest BCUT2D eigenvalue weighted by Crippen LogP contribution is -2.27. The summed E-state index contributed by atoms with van der Waals surface area (Å²) in [5, 5.41) is 5.26. The zero-order valence-corrected chi connectivity index (χ0v) is 13.6. The molecule has 0 atom stereocenters. The molecule has 0 aliphatic heterocycles. The molecular formula is C20H20N2O. The Hall–Kier alpha value is -2.68. The molecule has 116 valence electrons. The Morgan fingerprint density at radius 2 is 1.61 bits per heavy atom. The van der Waals surface area contributed by atoms with E-state index >= 15 is 0 Å². The summed E-state index contributed by atoms with van der Waals surface area (Å²) in [5.41, 5.74) is 2.37. The van der Waals surface area contributed by atoms with Crippen LogP contribution in [0.25, 0.3) is 21.9 Å². The lowest BCUT2D eigenvalue weighted by molar-refractivity contribution is -0.123. The fraction of sp³-hybridized carbons (Fsp3) is 0.200. The fourth-order valence-corrected chi connectivity index (χ4v) is 2.47. The van der Waals surface area contributed by atoms with E-state index in [1.54, 1.807) is 0 Å². The number of carbonyl (C=O) groups excluding carboxylic acids is 1. The number of carbonyl (C=O) groups is 1. The number of amides is 1. The summed E-state index contributed by atoms with van der Waals surface area (Å²) < 4.78 is 0. The van der Waals surface area contributed by atoms with Crippen LogP contribution in [0.1, 0.15) is 20.8 Å². The van der Waals surface area contributed by atoms with Crippen LogP contribution in [0.3, 0.4) is 0 Å². The van der Waals surface area contributed by atoms with Gasteiger partial charge in [0.15, 0.2) is 0 Å². The minimum atomic E-state index is -0.440. The van der Waals surface area contributed by atoms with Crippen molar-refractivity contribution in [3.63, 3.8) is 0 Å². The maximum atomic E-state index is 12.4. The minimum absolute atomic E-state index is 0.00172. The number of aromatic nitrogens is 1. The van der Waals surface area contributed by atoms with Gasteiger partial charge in [0.1, 0.15) is 0 Å². The molecular weight excluding hydrogens is 284 g/mol. The standard InChI is InChI=1S/C20H20N2O/c1-20(2,3)19(23)22-18-11-7-6-10-16(18)17-13-21-12-14-8-4-5-9-15(14)17/h4-13H,1-3H3,(H,22,23). The third kappa shape index (κ3) is 3.09. The van der Waals surface area contributed by atoms with E-state index < -0.39 is 5.41 Å². The molecule has 1 aromatic heterocycles. The van der Waals surface area contributed by atoms with Crippen LogP contribution in [0.2, 0.25) is 0 Å². The molecule has 3 rings (SSSR count). The highest BCUT2D eigenvalue weighted by atomic mass is 16.2. The second-order valence-electron chi connectivity index (χ2n) is 6.66. The van der Waals surface area contributed by atoms with Gasteiger partial charge >= 0.3 is 0 Å². The Kier molecular flexibility index (Phi) is 3.87. The molecule has 3 heteroatoms. The molecule has 3 nitrogen and oxygen atoms in total. The van der Waals surface area contributed by atoms with Crippen molar-refractivity contribution in [2.24, 2.45) is 5.41 Å². The van der Waals surface area contributed by atoms with Crippen molar-refractivity contribution in [1.82, 2.24) is 4.98 Å². The Morgan fingerprint density at radius 3 is 2.39 bits per heavy atom. The van der Waals surface area contributed by atoms with Crippen LogP contribution < -0.4 is 5.32 Å². The Morgan fingerprint density at radius 1 is 0.913 bits per heavy atom. The van der Waals surface area contributed by atoms with Gasteiger partial charge in [-0.25, -0.2) is 0 Å².